The van der Waals surface area contributed by atoms with Gasteiger partial charge >= 0.3 is 0 Å². The highest BCUT2D eigenvalue weighted by Crippen LogP contribution is 2.15. The van der Waals surface area contributed by atoms with Gasteiger partial charge in [-0.3, -0.25) is 4.99 Å². The van der Waals surface area contributed by atoms with E-state index in [0.717, 1.165) is 28.9 Å². The molecule has 0 amide bonds. The molecule has 1 aliphatic heterocycles. The number of rotatable bonds is 1. The maximum atomic E-state index is 4.61. The van der Waals surface area contributed by atoms with Crippen LogP contribution < -0.4 is 0 Å². The van der Waals surface area contributed by atoms with Crippen LogP contribution in [0.4, 0.5) is 0 Å². The molecule has 0 aliphatic carbocycles. The summed E-state index contributed by atoms with van der Waals surface area (Å²) in [5.41, 5.74) is 4.21. The van der Waals surface area contributed by atoms with Crippen molar-refractivity contribution in [2.45, 2.75) is 13.3 Å². The first-order valence-corrected chi connectivity index (χ1v) is 5.69. The van der Waals surface area contributed by atoms with E-state index in [9.17, 15) is 0 Å². The molecule has 0 radical (unpaired) electrons. The molecular formula is C14H13N3. The van der Waals surface area contributed by atoms with Crippen molar-refractivity contribution in [3.8, 4) is 0 Å². The third-order valence-electron chi connectivity index (χ3n) is 2.82. The number of allylic oxidation sites excluding steroid dienone is 4. The Bertz CT molecular complexity index is 644. The van der Waals surface area contributed by atoms with E-state index in [0.29, 0.717) is 0 Å². The molecule has 0 saturated heterocycles. The Morgan fingerprint density at radius 2 is 2.24 bits per heavy atom. The molecule has 3 rings (SSSR count). The Morgan fingerprint density at radius 3 is 3.18 bits per heavy atom. The maximum absolute atomic E-state index is 4.61. The minimum absolute atomic E-state index is 0.943. The molecule has 3 nitrogen and oxygen atoms in total. The highest BCUT2D eigenvalue weighted by atomic mass is 15.2. The van der Waals surface area contributed by atoms with Crippen molar-refractivity contribution in [3.63, 3.8) is 0 Å². The van der Waals surface area contributed by atoms with Crippen molar-refractivity contribution >= 4 is 11.2 Å². The van der Waals surface area contributed by atoms with Crippen molar-refractivity contribution in [1.29, 1.82) is 0 Å². The minimum Gasteiger partial charge on any atom is -0.253 e. The predicted octanol–water partition coefficient (Wildman–Crippen LogP) is 2.99. The zero-order chi connectivity index (χ0) is 11.7. The smallest absolute Gasteiger partial charge is 0.0755 e. The van der Waals surface area contributed by atoms with Crippen LogP contribution in [0.25, 0.3) is 5.52 Å². The average molecular weight is 223 g/mol. The predicted molar refractivity (Wildman–Crippen MR) is 69.2 cm³/mol. The molecule has 0 N–H and O–H groups in total. The highest BCUT2D eigenvalue weighted by Gasteiger charge is 2.08. The largest absolute Gasteiger partial charge is 0.253 e. The molecule has 3 heteroatoms. The van der Waals surface area contributed by atoms with E-state index in [-0.39, 0.29) is 0 Å². The lowest BCUT2D eigenvalue weighted by Gasteiger charge is -1.99. The molecular weight excluding hydrogens is 210 g/mol. The van der Waals surface area contributed by atoms with Crippen LogP contribution in [0.2, 0.25) is 0 Å². The molecule has 0 saturated carbocycles. The van der Waals surface area contributed by atoms with Gasteiger partial charge in [0.2, 0.25) is 0 Å². The SMILES string of the molecule is CC1=CCC=CC(c2cnn3ccccc23)=N1. The summed E-state index contributed by atoms with van der Waals surface area (Å²) in [6.45, 7) is 2.03. The van der Waals surface area contributed by atoms with Crippen molar-refractivity contribution in [1.82, 2.24) is 9.61 Å². The lowest BCUT2D eigenvalue weighted by atomic mass is 10.1. The zero-order valence-corrected chi connectivity index (χ0v) is 9.67. The van der Waals surface area contributed by atoms with Crippen LogP contribution >= 0.6 is 0 Å². The summed E-state index contributed by atoms with van der Waals surface area (Å²) in [6.07, 6.45) is 11.1. The zero-order valence-electron chi connectivity index (χ0n) is 9.67. The van der Waals surface area contributed by atoms with Gasteiger partial charge in [0.05, 0.1) is 17.4 Å². The fourth-order valence-corrected chi connectivity index (χ4v) is 1.97. The fourth-order valence-electron chi connectivity index (χ4n) is 1.97. The molecule has 0 aromatic carbocycles. The molecule has 0 unspecified atom stereocenters. The summed E-state index contributed by atoms with van der Waals surface area (Å²) >= 11 is 0. The van der Waals surface area contributed by atoms with Crippen LogP contribution in [-0.4, -0.2) is 15.3 Å². The van der Waals surface area contributed by atoms with Gasteiger partial charge in [-0.2, -0.15) is 5.10 Å². The van der Waals surface area contributed by atoms with Crippen molar-refractivity contribution in [2.24, 2.45) is 4.99 Å². The van der Waals surface area contributed by atoms with Crippen LogP contribution in [0.1, 0.15) is 18.9 Å². The van der Waals surface area contributed by atoms with E-state index < -0.39 is 0 Å². The Morgan fingerprint density at radius 1 is 1.29 bits per heavy atom. The monoisotopic (exact) mass is 223 g/mol. The molecule has 1 aliphatic rings. The van der Waals surface area contributed by atoms with E-state index in [4.69, 9.17) is 0 Å². The van der Waals surface area contributed by atoms with E-state index >= 15 is 0 Å². The quantitative estimate of drug-likeness (QED) is 0.730. The molecule has 3 heterocycles. The van der Waals surface area contributed by atoms with E-state index in [1.54, 1.807) is 0 Å². The van der Waals surface area contributed by atoms with Crippen molar-refractivity contribution < 1.29 is 0 Å². The summed E-state index contributed by atoms with van der Waals surface area (Å²) in [5, 5.41) is 4.33. The first kappa shape index (κ1) is 10.0. The van der Waals surface area contributed by atoms with Gasteiger partial charge in [-0.1, -0.05) is 18.2 Å². The Balaban J connectivity index is 2.18. The van der Waals surface area contributed by atoms with Gasteiger partial charge in [0.25, 0.3) is 0 Å². The topological polar surface area (TPSA) is 29.7 Å². The van der Waals surface area contributed by atoms with Gasteiger partial charge in [-0.05, 0) is 31.6 Å². The first-order valence-electron chi connectivity index (χ1n) is 5.69. The number of fused-ring (bicyclic) bond motifs is 1. The van der Waals surface area contributed by atoms with E-state index in [1.165, 1.54) is 0 Å². The van der Waals surface area contributed by atoms with Crippen LogP contribution in [0.15, 0.2) is 59.5 Å². The third kappa shape index (κ3) is 1.80. The Hall–Kier alpha value is -2.16. The Labute approximate surface area is 99.8 Å². The normalized spacial score (nSPS) is 15.6. The van der Waals surface area contributed by atoms with Gasteiger partial charge in [-0.15, -0.1) is 0 Å². The number of aliphatic imine (C=N–C) groups is 1. The van der Waals surface area contributed by atoms with Crippen LogP contribution in [0, 0.1) is 0 Å². The number of pyridine rings is 1. The second-order valence-corrected chi connectivity index (χ2v) is 4.07. The summed E-state index contributed by atoms with van der Waals surface area (Å²) in [5.74, 6) is 0. The molecule has 17 heavy (non-hydrogen) atoms. The third-order valence-corrected chi connectivity index (χ3v) is 2.82. The molecule has 0 fully saturated rings. The van der Waals surface area contributed by atoms with Crippen molar-refractivity contribution in [3.05, 3.63) is 60.1 Å². The summed E-state index contributed by atoms with van der Waals surface area (Å²) in [6, 6.07) is 6.05. The number of aromatic nitrogens is 2. The fraction of sp³-hybridized carbons (Fsp3) is 0.143. The molecule has 2 aromatic rings. The van der Waals surface area contributed by atoms with Gasteiger partial charge in [0, 0.05) is 17.5 Å². The molecule has 84 valence electrons. The number of nitrogens with zero attached hydrogens (tertiary/aromatic N) is 3. The second kappa shape index (κ2) is 4.01. The summed E-state index contributed by atoms with van der Waals surface area (Å²) in [7, 11) is 0. The average Bonchev–Trinajstić information content (AvgIpc) is 2.66. The van der Waals surface area contributed by atoms with E-state index in [2.05, 4.69) is 34.4 Å². The maximum Gasteiger partial charge on any atom is 0.0755 e. The number of hydrogen-bond acceptors (Lipinski definition) is 2. The summed E-state index contributed by atoms with van der Waals surface area (Å²) in [4.78, 5) is 4.61. The lowest BCUT2D eigenvalue weighted by molar-refractivity contribution is 0.961. The lowest BCUT2D eigenvalue weighted by Crippen LogP contribution is -1.96. The van der Waals surface area contributed by atoms with Gasteiger partial charge in [-0.25, -0.2) is 4.52 Å². The highest BCUT2D eigenvalue weighted by molar-refractivity contribution is 6.13. The Kier molecular flexibility index (Phi) is 2.37. The van der Waals surface area contributed by atoms with Crippen LogP contribution in [0.5, 0.6) is 0 Å². The first-order chi connectivity index (χ1) is 8.34. The van der Waals surface area contributed by atoms with Gasteiger partial charge in [0.1, 0.15) is 0 Å². The second-order valence-electron chi connectivity index (χ2n) is 4.07. The van der Waals surface area contributed by atoms with Crippen molar-refractivity contribution in [2.75, 3.05) is 0 Å². The summed E-state index contributed by atoms with van der Waals surface area (Å²) < 4.78 is 1.87. The van der Waals surface area contributed by atoms with Crippen LogP contribution in [0.3, 0.4) is 0 Å². The molecule has 0 spiro atoms. The van der Waals surface area contributed by atoms with Gasteiger partial charge < -0.3 is 0 Å². The number of hydrogen-bond donors (Lipinski definition) is 0. The standard InChI is InChI=1S/C14H13N3/c1-11-6-2-3-7-13(16-11)12-10-15-17-9-5-4-8-14(12)17/h3-10H,2H2,1H3. The molecule has 2 aromatic heterocycles. The van der Waals surface area contributed by atoms with Crippen LogP contribution in [-0.2, 0) is 0 Å². The molecule has 0 bridgehead atoms. The minimum atomic E-state index is 0.943. The van der Waals surface area contributed by atoms with Gasteiger partial charge in [0.15, 0.2) is 0 Å². The van der Waals surface area contributed by atoms with E-state index in [1.807, 2.05) is 36.0 Å². The molecule has 0 atom stereocenters.